The van der Waals surface area contributed by atoms with Crippen LogP contribution in [-0.2, 0) is 23.1 Å². The number of aromatic nitrogens is 5. The molecule has 2 aliphatic heterocycles. The number of likely N-dealkylation sites (tertiary alicyclic amines) is 1. The summed E-state index contributed by atoms with van der Waals surface area (Å²) < 4.78 is 40.6. The molecule has 4 amide bonds. The van der Waals surface area contributed by atoms with Crippen LogP contribution in [0.5, 0.6) is 0 Å². The van der Waals surface area contributed by atoms with E-state index in [0.717, 1.165) is 55.3 Å². The van der Waals surface area contributed by atoms with Gasteiger partial charge in [-0.2, -0.15) is 23.4 Å². The summed E-state index contributed by atoms with van der Waals surface area (Å²) >= 11 is 0. The molecule has 0 aliphatic carbocycles. The number of fused-ring (bicyclic) bond motifs is 1. The van der Waals surface area contributed by atoms with E-state index in [1.165, 1.54) is 4.90 Å². The van der Waals surface area contributed by atoms with Crippen molar-refractivity contribution in [2.45, 2.75) is 57.5 Å². The number of halogens is 3. The van der Waals surface area contributed by atoms with Crippen molar-refractivity contribution in [3.05, 3.63) is 71.3 Å². The van der Waals surface area contributed by atoms with Crippen molar-refractivity contribution >= 4 is 40.3 Å². The molecule has 0 radical (unpaired) electrons. The van der Waals surface area contributed by atoms with Crippen LogP contribution < -0.4 is 15.5 Å². The average Bonchev–Trinajstić information content (AvgIpc) is 3.44. The number of nitrogens with zero attached hydrogens (tertiary/aromatic N) is 7. The lowest BCUT2D eigenvalue weighted by molar-refractivity contribution is -0.141. The summed E-state index contributed by atoms with van der Waals surface area (Å²) in [5.41, 5.74) is -0.419. The summed E-state index contributed by atoms with van der Waals surface area (Å²) in [6, 6.07) is 8.34. The molecule has 3 N–H and O–H groups in total. The van der Waals surface area contributed by atoms with Crippen LogP contribution in [0.2, 0.25) is 0 Å². The van der Waals surface area contributed by atoms with Gasteiger partial charge in [-0.3, -0.25) is 34.4 Å². The largest absolute Gasteiger partial charge is 0.433 e. The van der Waals surface area contributed by atoms with Crippen LogP contribution in [0, 0.1) is 0 Å². The van der Waals surface area contributed by atoms with Crippen molar-refractivity contribution in [1.82, 2.24) is 35.2 Å². The van der Waals surface area contributed by atoms with Gasteiger partial charge in [0.15, 0.2) is 5.82 Å². The maximum absolute atomic E-state index is 12.9. The number of hydrogen-bond acceptors (Lipinski definition) is 9. The Kier molecular flexibility index (Phi) is 8.40. The second-order valence-electron chi connectivity index (χ2n) is 12.2. The Balaban J connectivity index is 1.11. The van der Waals surface area contributed by atoms with E-state index in [9.17, 15) is 32.7 Å². The highest BCUT2D eigenvalue weighted by Crippen LogP contribution is 2.34. The van der Waals surface area contributed by atoms with Gasteiger partial charge in [0.25, 0.3) is 5.91 Å². The Morgan fingerprint density at radius 2 is 1.83 bits per heavy atom. The quantitative estimate of drug-likeness (QED) is 0.269. The first-order chi connectivity index (χ1) is 22.2. The third kappa shape index (κ3) is 7.07. The zero-order chi connectivity index (χ0) is 33.5. The van der Waals surface area contributed by atoms with Crippen LogP contribution in [0.15, 0.2) is 48.8 Å². The SMILES string of the molecule is CC(C)(O)c1cc2nn(C3CCN(Cc4ccc(N5CCC(=O)NC5=O)nn4)CC3)cc2cc1NC(=O)c1ccc(C(F)(F)F)nc1. The number of rotatable bonds is 7. The number of nitrogens with one attached hydrogen (secondary N) is 2. The van der Waals surface area contributed by atoms with Gasteiger partial charge in [0.1, 0.15) is 5.69 Å². The Morgan fingerprint density at radius 1 is 1.06 bits per heavy atom. The minimum atomic E-state index is -4.62. The molecule has 0 unspecified atom stereocenters. The van der Waals surface area contributed by atoms with Crippen LogP contribution >= 0.6 is 0 Å². The minimum absolute atomic E-state index is 0.0590. The molecule has 0 atom stereocenters. The molecule has 16 heteroatoms. The van der Waals surface area contributed by atoms with Gasteiger partial charge < -0.3 is 10.4 Å². The molecule has 2 saturated heterocycles. The van der Waals surface area contributed by atoms with E-state index in [0.29, 0.717) is 29.1 Å². The van der Waals surface area contributed by atoms with Gasteiger partial charge in [0.05, 0.1) is 28.4 Å². The fourth-order valence-electron chi connectivity index (χ4n) is 5.71. The van der Waals surface area contributed by atoms with E-state index in [2.05, 4.69) is 30.7 Å². The monoisotopic (exact) mass is 651 g/mol. The number of piperidine rings is 1. The van der Waals surface area contributed by atoms with Crippen molar-refractivity contribution in [1.29, 1.82) is 0 Å². The van der Waals surface area contributed by atoms with E-state index in [4.69, 9.17) is 5.10 Å². The summed E-state index contributed by atoms with van der Waals surface area (Å²) in [6.45, 7) is 5.53. The molecule has 0 bridgehead atoms. The zero-order valence-corrected chi connectivity index (χ0v) is 25.6. The third-order valence-corrected chi connectivity index (χ3v) is 8.24. The van der Waals surface area contributed by atoms with E-state index >= 15 is 0 Å². The van der Waals surface area contributed by atoms with E-state index in [-0.39, 0.29) is 30.5 Å². The molecule has 5 heterocycles. The van der Waals surface area contributed by atoms with Crippen molar-refractivity contribution in [2.24, 2.45) is 0 Å². The smallest absolute Gasteiger partial charge is 0.386 e. The van der Waals surface area contributed by atoms with Gasteiger partial charge in [-0.15, -0.1) is 5.10 Å². The molecule has 246 valence electrons. The molecule has 0 spiro atoms. The highest BCUT2D eigenvalue weighted by atomic mass is 19.4. The zero-order valence-electron chi connectivity index (χ0n) is 25.6. The summed E-state index contributed by atoms with van der Waals surface area (Å²) in [5.74, 6) is -0.591. The van der Waals surface area contributed by atoms with Gasteiger partial charge in [-0.05, 0) is 63.1 Å². The predicted molar refractivity (Wildman–Crippen MR) is 163 cm³/mol. The molecule has 1 aromatic carbocycles. The lowest BCUT2D eigenvalue weighted by Gasteiger charge is -2.31. The van der Waals surface area contributed by atoms with Crippen molar-refractivity contribution in [3.8, 4) is 0 Å². The number of urea groups is 1. The maximum Gasteiger partial charge on any atom is 0.433 e. The lowest BCUT2D eigenvalue weighted by atomic mass is 9.95. The van der Waals surface area contributed by atoms with Gasteiger partial charge in [0.2, 0.25) is 5.91 Å². The Labute approximate surface area is 266 Å². The van der Waals surface area contributed by atoms with Crippen molar-refractivity contribution < 1.29 is 32.7 Å². The minimum Gasteiger partial charge on any atom is -0.386 e. The Morgan fingerprint density at radius 3 is 2.45 bits per heavy atom. The average molecular weight is 652 g/mol. The number of alkyl halides is 3. The molecule has 13 nitrogen and oxygen atoms in total. The van der Waals surface area contributed by atoms with Crippen LogP contribution in [0.25, 0.3) is 10.9 Å². The number of benzene rings is 1. The first-order valence-electron chi connectivity index (χ1n) is 15.0. The Hall–Kier alpha value is -4.96. The summed E-state index contributed by atoms with van der Waals surface area (Å²) in [7, 11) is 0. The number of hydrogen-bond donors (Lipinski definition) is 3. The predicted octanol–water partition coefficient (Wildman–Crippen LogP) is 4.00. The van der Waals surface area contributed by atoms with Crippen LogP contribution in [-0.4, -0.2) is 72.4 Å². The van der Waals surface area contributed by atoms with Gasteiger partial charge in [-0.1, -0.05) is 0 Å². The van der Waals surface area contributed by atoms with E-state index in [1.54, 1.807) is 32.0 Å². The topological polar surface area (TPSA) is 158 Å². The molecule has 2 fully saturated rings. The van der Waals surface area contributed by atoms with Crippen LogP contribution in [0.1, 0.15) is 66.5 Å². The number of amides is 4. The van der Waals surface area contributed by atoms with E-state index in [1.807, 2.05) is 16.9 Å². The number of pyridine rings is 1. The molecule has 6 rings (SSSR count). The van der Waals surface area contributed by atoms with Crippen molar-refractivity contribution in [2.75, 3.05) is 29.9 Å². The number of anilines is 2. The normalized spacial score (nSPS) is 16.9. The second kappa shape index (κ2) is 12.3. The van der Waals surface area contributed by atoms with Crippen LogP contribution in [0.4, 0.5) is 29.5 Å². The summed E-state index contributed by atoms with van der Waals surface area (Å²) in [6.07, 6.45) is -0.0437. The van der Waals surface area contributed by atoms with Gasteiger partial charge in [-0.25, -0.2) is 4.79 Å². The first-order valence-corrected chi connectivity index (χ1v) is 15.0. The third-order valence-electron chi connectivity index (χ3n) is 8.24. The molecule has 0 saturated carbocycles. The number of carbonyl (C=O) groups is 3. The molecular formula is C31H32F3N9O4. The lowest BCUT2D eigenvalue weighted by Crippen LogP contribution is -2.50. The Bertz CT molecular complexity index is 1810. The highest BCUT2D eigenvalue weighted by molar-refractivity contribution is 6.06. The fourth-order valence-corrected chi connectivity index (χ4v) is 5.71. The van der Waals surface area contributed by atoms with Gasteiger partial charge in [0, 0.05) is 61.6 Å². The van der Waals surface area contributed by atoms with Gasteiger partial charge >= 0.3 is 12.2 Å². The van der Waals surface area contributed by atoms with Crippen molar-refractivity contribution in [3.63, 3.8) is 0 Å². The molecule has 3 aromatic heterocycles. The second-order valence-corrected chi connectivity index (χ2v) is 12.2. The summed E-state index contributed by atoms with van der Waals surface area (Å²) in [4.78, 5) is 43.4. The maximum atomic E-state index is 12.9. The molecule has 2 aliphatic rings. The van der Waals surface area contributed by atoms with E-state index < -0.39 is 29.4 Å². The fraction of sp³-hybridized carbons (Fsp3) is 0.387. The molecular weight excluding hydrogens is 619 g/mol. The number of aliphatic hydroxyl groups is 1. The summed E-state index contributed by atoms with van der Waals surface area (Å²) in [5, 5.41) is 29.8. The molecule has 4 aromatic rings. The molecule has 47 heavy (non-hydrogen) atoms. The number of imide groups is 1. The first kappa shape index (κ1) is 32.0. The highest BCUT2D eigenvalue weighted by Gasteiger charge is 2.32. The standard InChI is InChI=1S/C31H32F3N9O4/c1-30(2,47)22-14-23-19(13-24(22)36-28(45)18-3-5-25(35-15-18)31(32,33)34)16-43(40-23)21-7-10-41(11-8-21)17-20-4-6-26(39-38-20)42-12-9-27(44)37-29(42)46/h3-6,13-16,21,47H,7-12,17H2,1-2H3,(H,36,45)(H,37,44,46). The number of carbonyl (C=O) groups excluding carboxylic acids is 3. The van der Waals surface area contributed by atoms with Crippen LogP contribution in [0.3, 0.4) is 0 Å².